The Balaban J connectivity index is 1.42. The first-order chi connectivity index (χ1) is 14.3. The molecule has 6 heteroatoms. The zero-order chi connectivity index (χ0) is 21.4. The first-order valence-corrected chi connectivity index (χ1v) is 12.7. The molecule has 3 saturated carbocycles. The van der Waals surface area contributed by atoms with Gasteiger partial charge in [0.15, 0.2) is 0 Å². The second-order valence-electron chi connectivity index (χ2n) is 10.4. The second-order valence-corrected chi connectivity index (χ2v) is 11.7. The van der Waals surface area contributed by atoms with Crippen LogP contribution in [0.15, 0.2) is 29.2 Å². The maximum Gasteiger partial charge on any atom is 0.223 e. The lowest BCUT2D eigenvalue weighted by Crippen LogP contribution is -2.57. The van der Waals surface area contributed by atoms with Crippen LogP contribution in [0, 0.1) is 23.2 Å². The van der Waals surface area contributed by atoms with Crippen molar-refractivity contribution in [3.05, 3.63) is 29.3 Å². The molecule has 0 radical (unpaired) electrons. The van der Waals surface area contributed by atoms with E-state index < -0.39 is 0 Å². The van der Waals surface area contributed by atoms with Crippen LogP contribution in [0.3, 0.4) is 0 Å². The number of benzene rings is 1. The third kappa shape index (κ3) is 4.69. The van der Waals surface area contributed by atoms with Gasteiger partial charge in [-0.15, -0.1) is 0 Å². The summed E-state index contributed by atoms with van der Waals surface area (Å²) in [6.45, 7) is 5.44. The SMILES string of the molecule is CC1CC2CC(CC(C)(C(N)=O)C2)C1NCC1(NSc2ccccc2Cl)CCCC1. The summed E-state index contributed by atoms with van der Waals surface area (Å²) >= 11 is 8.04. The summed E-state index contributed by atoms with van der Waals surface area (Å²) in [6, 6.07) is 8.50. The van der Waals surface area contributed by atoms with Crippen LogP contribution in [0.1, 0.15) is 65.2 Å². The molecular formula is C24H36ClN3OS. The molecule has 5 unspecified atom stereocenters. The van der Waals surface area contributed by atoms with Gasteiger partial charge in [-0.05, 0) is 80.4 Å². The molecule has 3 fully saturated rings. The molecule has 3 aliphatic carbocycles. The molecule has 1 aromatic rings. The van der Waals surface area contributed by atoms with Crippen molar-refractivity contribution in [2.24, 2.45) is 28.9 Å². The lowest BCUT2D eigenvalue weighted by Gasteiger charge is -2.50. The molecule has 0 aromatic heterocycles. The van der Waals surface area contributed by atoms with Gasteiger partial charge in [-0.25, -0.2) is 0 Å². The van der Waals surface area contributed by atoms with E-state index in [1.165, 1.54) is 38.5 Å². The molecule has 1 aromatic carbocycles. The van der Waals surface area contributed by atoms with Crippen LogP contribution < -0.4 is 15.8 Å². The van der Waals surface area contributed by atoms with Crippen LogP contribution in [0.4, 0.5) is 0 Å². The number of amides is 1. The van der Waals surface area contributed by atoms with E-state index in [9.17, 15) is 4.79 Å². The molecule has 2 bridgehead atoms. The van der Waals surface area contributed by atoms with E-state index in [1.807, 2.05) is 18.2 Å². The number of nitrogens with two attached hydrogens (primary N) is 1. The Labute approximate surface area is 190 Å². The molecule has 0 aliphatic heterocycles. The number of primary amides is 1. The van der Waals surface area contributed by atoms with Gasteiger partial charge in [0.25, 0.3) is 0 Å². The first-order valence-electron chi connectivity index (χ1n) is 11.5. The second kappa shape index (κ2) is 9.01. The van der Waals surface area contributed by atoms with E-state index in [1.54, 1.807) is 11.9 Å². The number of hydrogen-bond acceptors (Lipinski definition) is 4. The molecule has 0 heterocycles. The number of nitrogens with one attached hydrogen (secondary N) is 2. The van der Waals surface area contributed by atoms with Crippen LogP contribution in [-0.4, -0.2) is 24.0 Å². The quantitative estimate of drug-likeness (QED) is 0.503. The molecule has 4 nitrogen and oxygen atoms in total. The van der Waals surface area contributed by atoms with Gasteiger partial charge in [-0.3, -0.25) is 9.52 Å². The fourth-order valence-corrected chi connectivity index (χ4v) is 7.59. The largest absolute Gasteiger partial charge is 0.369 e. The molecule has 4 N–H and O–H groups in total. The van der Waals surface area contributed by atoms with Crippen molar-refractivity contribution in [1.82, 2.24) is 10.0 Å². The lowest BCUT2D eigenvalue weighted by atomic mass is 9.57. The van der Waals surface area contributed by atoms with E-state index in [0.717, 1.165) is 29.3 Å². The molecule has 166 valence electrons. The number of fused-ring (bicyclic) bond motifs is 2. The minimum atomic E-state index is -0.336. The predicted octanol–water partition coefficient (Wildman–Crippen LogP) is 5.16. The van der Waals surface area contributed by atoms with E-state index in [2.05, 4.69) is 30.0 Å². The van der Waals surface area contributed by atoms with Gasteiger partial charge in [0.1, 0.15) is 0 Å². The molecule has 3 aliphatic rings. The Hall–Kier alpha value is -0.750. The molecule has 5 atom stereocenters. The highest BCUT2D eigenvalue weighted by molar-refractivity contribution is 7.97. The predicted molar refractivity (Wildman–Crippen MR) is 125 cm³/mol. The Morgan fingerprint density at radius 2 is 1.97 bits per heavy atom. The average molecular weight is 450 g/mol. The molecular weight excluding hydrogens is 414 g/mol. The van der Waals surface area contributed by atoms with Gasteiger partial charge in [-0.1, -0.05) is 50.4 Å². The van der Waals surface area contributed by atoms with Crippen molar-refractivity contribution < 1.29 is 4.79 Å². The average Bonchev–Trinajstić information content (AvgIpc) is 3.15. The van der Waals surface area contributed by atoms with Gasteiger partial charge < -0.3 is 11.1 Å². The van der Waals surface area contributed by atoms with Gasteiger partial charge in [-0.2, -0.15) is 0 Å². The Morgan fingerprint density at radius 1 is 1.23 bits per heavy atom. The van der Waals surface area contributed by atoms with Gasteiger partial charge >= 0.3 is 0 Å². The lowest BCUT2D eigenvalue weighted by molar-refractivity contribution is -0.132. The summed E-state index contributed by atoms with van der Waals surface area (Å²) in [5.74, 6) is 1.71. The summed E-state index contributed by atoms with van der Waals surface area (Å²) in [6.07, 6.45) is 9.24. The highest BCUT2D eigenvalue weighted by Crippen LogP contribution is 2.50. The summed E-state index contributed by atoms with van der Waals surface area (Å²) in [5, 5.41) is 4.78. The number of hydrogen-bond donors (Lipinski definition) is 3. The van der Waals surface area contributed by atoms with Crippen molar-refractivity contribution in [2.75, 3.05) is 6.54 Å². The maximum atomic E-state index is 12.1. The van der Waals surface area contributed by atoms with Crippen molar-refractivity contribution in [1.29, 1.82) is 0 Å². The van der Waals surface area contributed by atoms with E-state index >= 15 is 0 Å². The van der Waals surface area contributed by atoms with Gasteiger partial charge in [0.2, 0.25) is 5.91 Å². The van der Waals surface area contributed by atoms with Crippen molar-refractivity contribution in [3.63, 3.8) is 0 Å². The van der Waals surface area contributed by atoms with Crippen LogP contribution in [0.25, 0.3) is 0 Å². The normalized spacial score (nSPS) is 35.3. The van der Waals surface area contributed by atoms with E-state index in [0.29, 0.717) is 23.8 Å². The smallest absolute Gasteiger partial charge is 0.223 e. The van der Waals surface area contributed by atoms with Crippen LogP contribution in [0.2, 0.25) is 5.02 Å². The minimum absolute atomic E-state index is 0.0993. The van der Waals surface area contributed by atoms with Crippen LogP contribution in [0.5, 0.6) is 0 Å². The maximum absolute atomic E-state index is 12.1. The zero-order valence-corrected chi connectivity index (χ0v) is 19.8. The summed E-state index contributed by atoms with van der Waals surface area (Å²) < 4.78 is 3.79. The Kier molecular flexibility index (Phi) is 6.74. The van der Waals surface area contributed by atoms with Gasteiger partial charge in [0, 0.05) is 28.4 Å². The third-order valence-electron chi connectivity index (χ3n) is 7.96. The first kappa shape index (κ1) is 22.4. The van der Waals surface area contributed by atoms with E-state index in [-0.39, 0.29) is 16.9 Å². The summed E-state index contributed by atoms with van der Waals surface area (Å²) in [7, 11) is 0. The molecule has 0 spiro atoms. The Morgan fingerprint density at radius 3 is 2.67 bits per heavy atom. The molecule has 4 rings (SSSR count). The van der Waals surface area contributed by atoms with E-state index in [4.69, 9.17) is 17.3 Å². The van der Waals surface area contributed by atoms with Crippen molar-refractivity contribution >= 4 is 29.5 Å². The molecule has 0 saturated heterocycles. The van der Waals surface area contributed by atoms with Gasteiger partial charge in [0.05, 0.1) is 5.02 Å². The number of carbonyl (C=O) groups is 1. The number of halogens is 1. The molecule has 1 amide bonds. The zero-order valence-electron chi connectivity index (χ0n) is 18.3. The Bertz CT molecular complexity index is 767. The van der Waals surface area contributed by atoms with Crippen LogP contribution in [-0.2, 0) is 4.79 Å². The third-order valence-corrected chi connectivity index (χ3v) is 9.51. The summed E-state index contributed by atoms with van der Waals surface area (Å²) in [4.78, 5) is 13.2. The van der Waals surface area contributed by atoms with Crippen molar-refractivity contribution in [3.8, 4) is 0 Å². The highest BCUT2D eigenvalue weighted by Gasteiger charge is 2.48. The summed E-state index contributed by atoms with van der Waals surface area (Å²) in [5.41, 5.74) is 5.57. The van der Waals surface area contributed by atoms with Crippen LogP contribution >= 0.6 is 23.5 Å². The monoisotopic (exact) mass is 449 g/mol. The highest BCUT2D eigenvalue weighted by atomic mass is 35.5. The minimum Gasteiger partial charge on any atom is -0.369 e. The fourth-order valence-electron chi connectivity index (χ4n) is 6.42. The number of carbonyl (C=O) groups excluding carboxylic acids is 1. The molecule has 30 heavy (non-hydrogen) atoms. The topological polar surface area (TPSA) is 67.2 Å². The van der Waals surface area contributed by atoms with Crippen molar-refractivity contribution in [2.45, 2.75) is 81.7 Å². The standard InChI is InChI=1S/C24H36ClN3OS/c1-16-11-17-12-18(14-23(2,13-17)22(26)29)21(16)27-15-24(9-5-6-10-24)28-30-20-8-4-3-7-19(20)25/h3-4,7-8,16-18,21,27-28H,5-6,9-15H2,1-2H3,(H2,26,29). The number of rotatable bonds is 7. The fraction of sp³-hybridized carbons (Fsp3) is 0.708.